The normalized spacial score (nSPS) is 16.5. The molecule has 7 heteroatoms. The number of carbonyl (C=O) groups excluding carboxylic acids is 1. The van der Waals surface area contributed by atoms with E-state index in [9.17, 15) is 13.2 Å². The average Bonchev–Trinajstić information content (AvgIpc) is 3.04. The Morgan fingerprint density at radius 1 is 1.03 bits per heavy atom. The van der Waals surface area contributed by atoms with Crippen LogP contribution < -0.4 is 4.74 Å². The number of hydrogen-bond acceptors (Lipinski definition) is 4. The molecular formula is C24H32N2O4S. The zero-order chi connectivity index (χ0) is 22.4. The lowest BCUT2D eigenvalue weighted by atomic mass is 9.98. The molecule has 0 saturated carbocycles. The monoisotopic (exact) mass is 444 g/mol. The number of aryl methyl sites for hydroxylation is 1. The summed E-state index contributed by atoms with van der Waals surface area (Å²) >= 11 is 0. The van der Waals surface area contributed by atoms with Crippen LogP contribution in [0.3, 0.4) is 0 Å². The van der Waals surface area contributed by atoms with Crippen molar-refractivity contribution in [3.8, 4) is 5.75 Å². The van der Waals surface area contributed by atoms with E-state index >= 15 is 0 Å². The Bertz CT molecular complexity index is 989. The highest BCUT2D eigenvalue weighted by Crippen LogP contribution is 2.28. The minimum absolute atomic E-state index is 0.0435. The van der Waals surface area contributed by atoms with Gasteiger partial charge in [-0.25, -0.2) is 8.42 Å². The third-order valence-electron chi connectivity index (χ3n) is 5.88. The topological polar surface area (TPSA) is 66.9 Å². The summed E-state index contributed by atoms with van der Waals surface area (Å²) in [7, 11) is -3.56. The van der Waals surface area contributed by atoms with Crippen LogP contribution in [0.25, 0.3) is 0 Å². The van der Waals surface area contributed by atoms with Gasteiger partial charge in [0.25, 0.3) is 5.91 Å². The van der Waals surface area contributed by atoms with E-state index in [2.05, 4.69) is 13.8 Å². The maximum absolute atomic E-state index is 13.0. The number of para-hydroxylation sites is 1. The van der Waals surface area contributed by atoms with Gasteiger partial charge in [-0.1, -0.05) is 49.7 Å². The number of benzene rings is 2. The van der Waals surface area contributed by atoms with Crippen molar-refractivity contribution in [1.29, 1.82) is 0 Å². The van der Waals surface area contributed by atoms with Crippen LogP contribution in [0.5, 0.6) is 5.75 Å². The van der Waals surface area contributed by atoms with Crippen molar-refractivity contribution in [2.75, 3.05) is 32.8 Å². The van der Waals surface area contributed by atoms with E-state index < -0.39 is 10.0 Å². The second kappa shape index (κ2) is 10.3. The van der Waals surface area contributed by atoms with Crippen LogP contribution in [0.15, 0.2) is 53.4 Å². The van der Waals surface area contributed by atoms with Gasteiger partial charge < -0.3 is 9.64 Å². The van der Waals surface area contributed by atoms with Gasteiger partial charge in [0, 0.05) is 26.2 Å². The smallest absolute Gasteiger partial charge is 0.260 e. The molecule has 0 aromatic heterocycles. The van der Waals surface area contributed by atoms with Crippen LogP contribution in [0, 0.1) is 6.92 Å². The van der Waals surface area contributed by atoms with Gasteiger partial charge in [-0.3, -0.25) is 4.79 Å². The molecule has 1 aliphatic heterocycles. The van der Waals surface area contributed by atoms with Crippen molar-refractivity contribution in [2.24, 2.45) is 0 Å². The van der Waals surface area contributed by atoms with E-state index in [1.807, 2.05) is 31.2 Å². The lowest BCUT2D eigenvalue weighted by molar-refractivity contribution is -0.133. The van der Waals surface area contributed by atoms with E-state index in [1.54, 1.807) is 29.2 Å². The SMILES string of the molecule is CCC(C)c1ccccc1OCC(=O)N1CCCN(S(=O)(=O)c2ccc(C)cc2)CC1. The zero-order valence-electron chi connectivity index (χ0n) is 18.6. The number of sulfonamides is 1. The molecule has 1 fully saturated rings. The molecule has 0 N–H and O–H groups in total. The van der Waals surface area contributed by atoms with Crippen molar-refractivity contribution in [2.45, 2.75) is 44.4 Å². The first-order valence-electron chi connectivity index (χ1n) is 10.9. The van der Waals surface area contributed by atoms with Gasteiger partial charge in [-0.05, 0) is 49.4 Å². The van der Waals surface area contributed by atoms with E-state index in [1.165, 1.54) is 4.31 Å². The molecule has 2 aromatic carbocycles. The first-order chi connectivity index (χ1) is 14.8. The van der Waals surface area contributed by atoms with Gasteiger partial charge >= 0.3 is 0 Å². The predicted octanol–water partition coefficient (Wildman–Crippen LogP) is 3.81. The van der Waals surface area contributed by atoms with E-state index in [0.717, 1.165) is 23.3 Å². The van der Waals surface area contributed by atoms with Crippen molar-refractivity contribution >= 4 is 15.9 Å². The summed E-state index contributed by atoms with van der Waals surface area (Å²) in [5, 5.41) is 0. The second-order valence-corrected chi connectivity index (χ2v) is 10.0. The van der Waals surface area contributed by atoms with Gasteiger partial charge in [0.05, 0.1) is 4.90 Å². The molecule has 31 heavy (non-hydrogen) atoms. The Labute approximate surface area is 185 Å². The molecule has 0 spiro atoms. The summed E-state index contributed by atoms with van der Waals surface area (Å²) in [6.45, 7) is 7.72. The molecule has 1 amide bonds. The summed E-state index contributed by atoms with van der Waals surface area (Å²) in [6, 6.07) is 14.7. The summed E-state index contributed by atoms with van der Waals surface area (Å²) in [5.74, 6) is 0.974. The zero-order valence-corrected chi connectivity index (χ0v) is 19.4. The summed E-state index contributed by atoms with van der Waals surface area (Å²) < 4.78 is 33.3. The fourth-order valence-corrected chi connectivity index (χ4v) is 5.18. The molecule has 1 saturated heterocycles. The lowest BCUT2D eigenvalue weighted by Crippen LogP contribution is -2.39. The van der Waals surface area contributed by atoms with Crippen LogP contribution in [-0.2, 0) is 14.8 Å². The van der Waals surface area contributed by atoms with Gasteiger partial charge in [-0.2, -0.15) is 4.31 Å². The fraction of sp³-hybridized carbons (Fsp3) is 0.458. The Kier molecular flexibility index (Phi) is 7.73. The number of amides is 1. The van der Waals surface area contributed by atoms with Crippen LogP contribution in [0.2, 0.25) is 0 Å². The highest BCUT2D eigenvalue weighted by Gasteiger charge is 2.28. The van der Waals surface area contributed by atoms with E-state index in [-0.39, 0.29) is 19.1 Å². The standard InChI is InChI=1S/C24H32N2O4S/c1-4-20(3)22-8-5-6-9-23(22)30-18-24(27)25-14-7-15-26(17-16-25)31(28,29)21-12-10-19(2)11-13-21/h5-6,8-13,20H,4,7,14-18H2,1-3H3. The molecule has 0 aliphatic carbocycles. The number of carbonyl (C=O) groups is 1. The number of ether oxygens (including phenoxy) is 1. The minimum atomic E-state index is -3.56. The summed E-state index contributed by atoms with van der Waals surface area (Å²) in [4.78, 5) is 14.8. The van der Waals surface area contributed by atoms with Crippen LogP contribution in [-0.4, -0.2) is 56.3 Å². The highest BCUT2D eigenvalue weighted by molar-refractivity contribution is 7.89. The summed E-state index contributed by atoms with van der Waals surface area (Å²) in [6.07, 6.45) is 1.59. The first-order valence-corrected chi connectivity index (χ1v) is 12.3. The fourth-order valence-electron chi connectivity index (χ4n) is 3.71. The molecule has 1 heterocycles. The second-order valence-electron chi connectivity index (χ2n) is 8.09. The largest absolute Gasteiger partial charge is 0.483 e. The molecule has 0 bridgehead atoms. The quantitative estimate of drug-likeness (QED) is 0.651. The molecule has 1 atom stereocenters. The molecule has 1 unspecified atom stereocenters. The Morgan fingerprint density at radius 2 is 1.74 bits per heavy atom. The van der Waals surface area contributed by atoms with Crippen LogP contribution in [0.1, 0.15) is 43.7 Å². The van der Waals surface area contributed by atoms with Crippen molar-refractivity contribution < 1.29 is 17.9 Å². The predicted molar refractivity (Wildman–Crippen MR) is 122 cm³/mol. The van der Waals surface area contributed by atoms with Gasteiger partial charge in [0.1, 0.15) is 5.75 Å². The molecule has 2 aromatic rings. The first kappa shape index (κ1) is 23.3. The third-order valence-corrected chi connectivity index (χ3v) is 7.79. The van der Waals surface area contributed by atoms with E-state index in [4.69, 9.17) is 4.74 Å². The van der Waals surface area contributed by atoms with Crippen LogP contribution >= 0.6 is 0 Å². The highest BCUT2D eigenvalue weighted by atomic mass is 32.2. The number of rotatable bonds is 7. The Balaban J connectivity index is 1.61. The van der Waals surface area contributed by atoms with E-state index in [0.29, 0.717) is 36.9 Å². The number of hydrogen-bond donors (Lipinski definition) is 0. The van der Waals surface area contributed by atoms with Crippen molar-refractivity contribution in [1.82, 2.24) is 9.21 Å². The Morgan fingerprint density at radius 3 is 2.45 bits per heavy atom. The average molecular weight is 445 g/mol. The molecule has 3 rings (SSSR count). The number of nitrogens with zero attached hydrogens (tertiary/aromatic N) is 2. The third kappa shape index (κ3) is 5.66. The molecule has 168 valence electrons. The maximum atomic E-state index is 13.0. The minimum Gasteiger partial charge on any atom is -0.483 e. The van der Waals surface area contributed by atoms with Crippen molar-refractivity contribution in [3.05, 3.63) is 59.7 Å². The maximum Gasteiger partial charge on any atom is 0.260 e. The molecule has 0 radical (unpaired) electrons. The van der Waals surface area contributed by atoms with Crippen molar-refractivity contribution in [3.63, 3.8) is 0 Å². The molecular weight excluding hydrogens is 412 g/mol. The van der Waals surface area contributed by atoms with Gasteiger partial charge in [0.2, 0.25) is 10.0 Å². The lowest BCUT2D eigenvalue weighted by Gasteiger charge is -2.22. The van der Waals surface area contributed by atoms with Gasteiger partial charge in [-0.15, -0.1) is 0 Å². The Hall–Kier alpha value is -2.38. The molecule has 1 aliphatic rings. The summed E-state index contributed by atoms with van der Waals surface area (Å²) in [5.41, 5.74) is 2.12. The van der Waals surface area contributed by atoms with Gasteiger partial charge in [0.15, 0.2) is 6.61 Å². The van der Waals surface area contributed by atoms with Crippen LogP contribution in [0.4, 0.5) is 0 Å². The molecule has 6 nitrogen and oxygen atoms in total.